The van der Waals surface area contributed by atoms with E-state index in [0.29, 0.717) is 18.1 Å². The maximum absolute atomic E-state index is 13.1. The molecule has 0 unspecified atom stereocenters. The molecule has 3 nitrogen and oxygen atoms in total. The average molecular weight is 197 g/mol. The molecule has 0 aromatic heterocycles. The number of fused-ring (bicyclic) bond motifs is 1. The third-order valence-corrected chi connectivity index (χ3v) is 2.24. The van der Waals surface area contributed by atoms with Crippen molar-refractivity contribution in [3.05, 3.63) is 17.9 Å². The molecular formula is C10H12FNO2. The first-order chi connectivity index (χ1) is 6.70. The van der Waals surface area contributed by atoms with Crippen LogP contribution in [-0.4, -0.2) is 12.7 Å². The van der Waals surface area contributed by atoms with Crippen molar-refractivity contribution >= 4 is 5.69 Å². The van der Waals surface area contributed by atoms with Crippen LogP contribution in [0.25, 0.3) is 0 Å². The Morgan fingerprint density at radius 3 is 3.00 bits per heavy atom. The molecule has 0 aliphatic carbocycles. The zero-order valence-corrected chi connectivity index (χ0v) is 7.92. The first-order valence-electron chi connectivity index (χ1n) is 4.59. The van der Waals surface area contributed by atoms with Crippen molar-refractivity contribution in [1.29, 1.82) is 0 Å². The van der Waals surface area contributed by atoms with Crippen molar-refractivity contribution in [2.75, 3.05) is 12.3 Å². The number of hydrogen-bond acceptors (Lipinski definition) is 3. The third kappa shape index (κ3) is 1.47. The highest BCUT2D eigenvalue weighted by molar-refractivity contribution is 5.53. The molecule has 2 N–H and O–H groups in total. The van der Waals surface area contributed by atoms with E-state index < -0.39 is 5.82 Å². The average Bonchev–Trinajstić information content (AvgIpc) is 2.19. The minimum atomic E-state index is -0.468. The zero-order valence-electron chi connectivity index (χ0n) is 7.92. The fraction of sp³-hybridized carbons (Fsp3) is 0.400. The first-order valence-corrected chi connectivity index (χ1v) is 4.59. The molecule has 4 heteroatoms. The second-order valence-corrected chi connectivity index (χ2v) is 3.28. The third-order valence-electron chi connectivity index (χ3n) is 2.24. The molecule has 0 spiro atoms. The molecule has 1 aromatic carbocycles. The van der Waals surface area contributed by atoms with Crippen molar-refractivity contribution in [2.24, 2.45) is 0 Å². The van der Waals surface area contributed by atoms with E-state index in [9.17, 15) is 4.39 Å². The molecule has 1 heterocycles. The topological polar surface area (TPSA) is 44.5 Å². The fourth-order valence-corrected chi connectivity index (χ4v) is 1.35. The highest BCUT2D eigenvalue weighted by Crippen LogP contribution is 2.35. The lowest BCUT2D eigenvalue weighted by atomic mass is 10.2. The second kappa shape index (κ2) is 3.36. The van der Waals surface area contributed by atoms with Crippen molar-refractivity contribution in [1.82, 2.24) is 0 Å². The van der Waals surface area contributed by atoms with Gasteiger partial charge in [-0.3, -0.25) is 0 Å². The molecule has 1 aromatic rings. The normalized spacial score (nSPS) is 19.4. The second-order valence-electron chi connectivity index (χ2n) is 3.28. The largest absolute Gasteiger partial charge is 0.486 e. The summed E-state index contributed by atoms with van der Waals surface area (Å²) in [4.78, 5) is 0. The van der Waals surface area contributed by atoms with E-state index in [-0.39, 0.29) is 11.8 Å². The molecular weight excluding hydrogens is 185 g/mol. The van der Waals surface area contributed by atoms with Crippen molar-refractivity contribution in [3.63, 3.8) is 0 Å². The molecule has 0 saturated heterocycles. The summed E-state index contributed by atoms with van der Waals surface area (Å²) >= 11 is 0. The van der Waals surface area contributed by atoms with E-state index in [4.69, 9.17) is 15.2 Å². The van der Waals surface area contributed by atoms with Gasteiger partial charge in [-0.25, -0.2) is 4.39 Å². The van der Waals surface area contributed by atoms with Crippen LogP contribution in [-0.2, 0) is 0 Å². The SMILES string of the molecule is CC[C@H]1COc2cc(N)c(F)cc2O1. The lowest BCUT2D eigenvalue weighted by Crippen LogP contribution is -2.28. The van der Waals surface area contributed by atoms with Crippen LogP contribution >= 0.6 is 0 Å². The van der Waals surface area contributed by atoms with Gasteiger partial charge in [-0.15, -0.1) is 0 Å². The number of nitrogen functional groups attached to an aromatic ring is 1. The Balaban J connectivity index is 2.33. The molecule has 0 bridgehead atoms. The number of benzene rings is 1. The number of rotatable bonds is 1. The summed E-state index contributed by atoms with van der Waals surface area (Å²) in [5.74, 6) is 0.493. The Morgan fingerprint density at radius 2 is 2.29 bits per heavy atom. The smallest absolute Gasteiger partial charge is 0.164 e. The monoisotopic (exact) mass is 197 g/mol. The Labute approximate surface area is 81.6 Å². The van der Waals surface area contributed by atoms with Crippen molar-refractivity contribution < 1.29 is 13.9 Å². The minimum absolute atomic E-state index is 0.00512. The summed E-state index contributed by atoms with van der Waals surface area (Å²) < 4.78 is 24.0. The van der Waals surface area contributed by atoms with Crippen LogP contribution in [0.2, 0.25) is 0 Å². The first kappa shape index (κ1) is 9.12. The van der Waals surface area contributed by atoms with Crippen molar-refractivity contribution in [2.45, 2.75) is 19.4 Å². The van der Waals surface area contributed by atoms with Gasteiger partial charge in [0.15, 0.2) is 11.5 Å². The van der Waals surface area contributed by atoms with Crippen LogP contribution in [0.15, 0.2) is 12.1 Å². The molecule has 0 amide bonds. The molecule has 1 atom stereocenters. The van der Waals surface area contributed by atoms with Crippen LogP contribution in [0.5, 0.6) is 11.5 Å². The number of hydrogen-bond donors (Lipinski definition) is 1. The highest BCUT2D eigenvalue weighted by atomic mass is 19.1. The predicted octanol–water partition coefficient (Wildman–Crippen LogP) is 1.96. The van der Waals surface area contributed by atoms with E-state index in [1.807, 2.05) is 6.92 Å². The summed E-state index contributed by atoms with van der Waals surface area (Å²) in [6.45, 7) is 2.49. The van der Waals surface area contributed by atoms with Crippen LogP contribution in [0.3, 0.4) is 0 Å². The number of ether oxygens (including phenoxy) is 2. The van der Waals surface area contributed by atoms with Gasteiger partial charge < -0.3 is 15.2 Å². The van der Waals surface area contributed by atoms with Gasteiger partial charge >= 0.3 is 0 Å². The predicted molar refractivity (Wildman–Crippen MR) is 51.0 cm³/mol. The van der Waals surface area contributed by atoms with Crippen LogP contribution in [0, 0.1) is 5.82 Å². The molecule has 76 valence electrons. The van der Waals surface area contributed by atoms with Gasteiger partial charge in [0, 0.05) is 12.1 Å². The molecule has 0 radical (unpaired) electrons. The summed E-state index contributed by atoms with van der Waals surface area (Å²) in [6, 6.07) is 2.73. The van der Waals surface area contributed by atoms with E-state index in [2.05, 4.69) is 0 Å². The van der Waals surface area contributed by atoms with Gasteiger partial charge in [0.1, 0.15) is 18.5 Å². The standard InChI is InChI=1S/C10H12FNO2/c1-2-6-5-13-9-4-8(12)7(11)3-10(9)14-6/h3-4,6H,2,5,12H2,1H3/t6-/m0/s1. The number of halogens is 1. The molecule has 0 saturated carbocycles. The zero-order chi connectivity index (χ0) is 10.1. The quantitative estimate of drug-likeness (QED) is 0.700. The highest BCUT2D eigenvalue weighted by Gasteiger charge is 2.20. The van der Waals surface area contributed by atoms with E-state index in [1.54, 1.807) is 0 Å². The Hall–Kier alpha value is -1.45. The van der Waals surface area contributed by atoms with Gasteiger partial charge in [-0.05, 0) is 6.42 Å². The Kier molecular flexibility index (Phi) is 2.19. The van der Waals surface area contributed by atoms with E-state index in [0.717, 1.165) is 6.42 Å². The van der Waals surface area contributed by atoms with Gasteiger partial charge in [-0.1, -0.05) is 6.92 Å². The lowest BCUT2D eigenvalue weighted by molar-refractivity contribution is 0.0880. The summed E-state index contributed by atoms with van der Waals surface area (Å²) in [7, 11) is 0. The maximum Gasteiger partial charge on any atom is 0.164 e. The Morgan fingerprint density at radius 1 is 1.50 bits per heavy atom. The molecule has 0 fully saturated rings. The van der Waals surface area contributed by atoms with Gasteiger partial charge in [0.2, 0.25) is 0 Å². The van der Waals surface area contributed by atoms with Crippen LogP contribution in [0.1, 0.15) is 13.3 Å². The van der Waals surface area contributed by atoms with E-state index >= 15 is 0 Å². The van der Waals surface area contributed by atoms with Crippen LogP contribution in [0.4, 0.5) is 10.1 Å². The Bertz CT molecular complexity index is 354. The van der Waals surface area contributed by atoms with Gasteiger partial charge in [-0.2, -0.15) is 0 Å². The summed E-state index contributed by atoms with van der Waals surface area (Å²) in [5, 5.41) is 0. The summed E-state index contributed by atoms with van der Waals surface area (Å²) in [5.41, 5.74) is 5.49. The molecule has 2 rings (SSSR count). The summed E-state index contributed by atoms with van der Waals surface area (Å²) in [6.07, 6.45) is 0.844. The molecule has 1 aliphatic heterocycles. The van der Waals surface area contributed by atoms with E-state index in [1.165, 1.54) is 12.1 Å². The molecule has 14 heavy (non-hydrogen) atoms. The minimum Gasteiger partial charge on any atom is -0.486 e. The van der Waals surface area contributed by atoms with Crippen LogP contribution < -0.4 is 15.2 Å². The lowest BCUT2D eigenvalue weighted by Gasteiger charge is -2.25. The van der Waals surface area contributed by atoms with Crippen molar-refractivity contribution in [3.8, 4) is 11.5 Å². The number of anilines is 1. The number of nitrogens with two attached hydrogens (primary N) is 1. The van der Waals surface area contributed by atoms with Gasteiger partial charge in [0.25, 0.3) is 0 Å². The molecule has 1 aliphatic rings. The fourth-order valence-electron chi connectivity index (χ4n) is 1.35. The maximum atomic E-state index is 13.1. The van der Waals surface area contributed by atoms with Gasteiger partial charge in [0.05, 0.1) is 5.69 Å².